The normalized spacial score (nSPS) is 10.2. The Morgan fingerprint density at radius 1 is 0.581 bits per heavy atom. The van der Waals surface area contributed by atoms with Crippen LogP contribution >= 0.6 is 0 Å². The smallest absolute Gasteiger partial charge is 0.347 e. The van der Waals surface area contributed by atoms with E-state index in [1.807, 2.05) is 0 Å². The standard InChI is InChI=1S/C24H20O7/c1-15(25)22-20(30-23(26)16-9-4-6-11-18(16)28-2)13-8-14-21(22)31-24(27)17-10-5-7-12-19(17)29-3/h4-14H,1-3H3. The fourth-order valence-electron chi connectivity index (χ4n) is 2.96. The zero-order valence-corrected chi connectivity index (χ0v) is 17.2. The van der Waals surface area contributed by atoms with Crippen LogP contribution in [0.1, 0.15) is 38.0 Å². The van der Waals surface area contributed by atoms with Crippen molar-refractivity contribution in [3.05, 3.63) is 83.4 Å². The fourth-order valence-corrected chi connectivity index (χ4v) is 2.96. The molecule has 158 valence electrons. The van der Waals surface area contributed by atoms with Gasteiger partial charge in [0, 0.05) is 0 Å². The third-order valence-corrected chi connectivity index (χ3v) is 4.40. The van der Waals surface area contributed by atoms with Gasteiger partial charge in [0.1, 0.15) is 39.7 Å². The molecule has 0 aliphatic rings. The van der Waals surface area contributed by atoms with Crippen molar-refractivity contribution < 1.29 is 33.3 Å². The van der Waals surface area contributed by atoms with Gasteiger partial charge in [0.05, 0.1) is 14.2 Å². The molecule has 7 nitrogen and oxygen atoms in total. The predicted molar refractivity (Wildman–Crippen MR) is 112 cm³/mol. The Labute approximate surface area is 179 Å². The molecule has 0 saturated carbocycles. The van der Waals surface area contributed by atoms with Gasteiger partial charge in [-0.05, 0) is 43.3 Å². The van der Waals surface area contributed by atoms with E-state index in [9.17, 15) is 14.4 Å². The van der Waals surface area contributed by atoms with Gasteiger partial charge in [-0.25, -0.2) is 9.59 Å². The van der Waals surface area contributed by atoms with Gasteiger partial charge in [0.2, 0.25) is 0 Å². The Hall–Kier alpha value is -4.13. The summed E-state index contributed by atoms with van der Waals surface area (Å²) in [6.45, 7) is 1.29. The Morgan fingerprint density at radius 2 is 0.968 bits per heavy atom. The molecule has 0 aliphatic carbocycles. The number of rotatable bonds is 7. The summed E-state index contributed by atoms with van der Waals surface area (Å²) >= 11 is 0. The molecule has 0 spiro atoms. The Balaban J connectivity index is 1.94. The number of carbonyl (C=O) groups excluding carboxylic acids is 3. The number of esters is 2. The molecular formula is C24H20O7. The van der Waals surface area contributed by atoms with Crippen LogP contribution < -0.4 is 18.9 Å². The summed E-state index contributed by atoms with van der Waals surface area (Å²) in [7, 11) is 2.87. The highest BCUT2D eigenvalue weighted by molar-refractivity contribution is 6.03. The number of hydrogen-bond donors (Lipinski definition) is 0. The van der Waals surface area contributed by atoms with Crippen LogP contribution in [0, 0.1) is 0 Å². The number of benzene rings is 3. The highest BCUT2D eigenvalue weighted by Crippen LogP contribution is 2.32. The summed E-state index contributed by atoms with van der Waals surface area (Å²) in [5, 5.41) is 0. The third kappa shape index (κ3) is 4.72. The molecule has 0 bridgehead atoms. The lowest BCUT2D eigenvalue weighted by atomic mass is 10.1. The molecule has 0 atom stereocenters. The molecule has 0 aromatic heterocycles. The first-order chi connectivity index (χ1) is 15.0. The van der Waals surface area contributed by atoms with Gasteiger partial charge in [0.15, 0.2) is 5.78 Å². The van der Waals surface area contributed by atoms with E-state index in [-0.39, 0.29) is 28.2 Å². The van der Waals surface area contributed by atoms with Crippen molar-refractivity contribution in [1.82, 2.24) is 0 Å². The van der Waals surface area contributed by atoms with E-state index in [1.165, 1.54) is 39.3 Å². The Kier molecular flexibility index (Phi) is 6.67. The maximum atomic E-state index is 12.7. The third-order valence-electron chi connectivity index (χ3n) is 4.40. The molecular weight excluding hydrogens is 400 g/mol. The molecule has 0 saturated heterocycles. The lowest BCUT2D eigenvalue weighted by Gasteiger charge is -2.14. The van der Waals surface area contributed by atoms with Gasteiger partial charge >= 0.3 is 11.9 Å². The average Bonchev–Trinajstić information content (AvgIpc) is 2.78. The summed E-state index contributed by atoms with van der Waals surface area (Å²) in [5.41, 5.74) is 0.348. The van der Waals surface area contributed by atoms with Crippen molar-refractivity contribution in [1.29, 1.82) is 0 Å². The SMILES string of the molecule is COc1ccccc1C(=O)Oc1cccc(OC(=O)c2ccccc2OC)c1C(C)=O. The molecule has 0 heterocycles. The van der Waals surface area contributed by atoms with Crippen LogP contribution in [0.5, 0.6) is 23.0 Å². The van der Waals surface area contributed by atoms with E-state index in [0.29, 0.717) is 11.5 Å². The summed E-state index contributed by atoms with van der Waals surface area (Å²) < 4.78 is 21.3. The lowest BCUT2D eigenvalue weighted by Crippen LogP contribution is -2.15. The number of carbonyl (C=O) groups is 3. The maximum absolute atomic E-state index is 12.7. The highest BCUT2D eigenvalue weighted by atomic mass is 16.6. The molecule has 31 heavy (non-hydrogen) atoms. The van der Waals surface area contributed by atoms with Crippen LogP contribution in [0.3, 0.4) is 0 Å². The average molecular weight is 420 g/mol. The van der Waals surface area contributed by atoms with Crippen LogP contribution in [-0.2, 0) is 0 Å². The number of para-hydroxylation sites is 2. The second-order valence-electron chi connectivity index (χ2n) is 6.37. The summed E-state index contributed by atoms with van der Waals surface area (Å²) in [5.74, 6) is -1.28. The zero-order valence-electron chi connectivity index (χ0n) is 17.2. The van der Waals surface area contributed by atoms with Crippen LogP contribution in [-0.4, -0.2) is 31.9 Å². The Morgan fingerprint density at radius 3 is 1.35 bits per heavy atom. The van der Waals surface area contributed by atoms with E-state index in [4.69, 9.17) is 18.9 Å². The van der Waals surface area contributed by atoms with Crippen molar-refractivity contribution in [2.45, 2.75) is 6.92 Å². The fraction of sp³-hybridized carbons (Fsp3) is 0.125. The van der Waals surface area contributed by atoms with Crippen LogP contribution in [0.25, 0.3) is 0 Å². The molecule has 0 unspecified atom stereocenters. The highest BCUT2D eigenvalue weighted by Gasteiger charge is 2.23. The van der Waals surface area contributed by atoms with Gasteiger partial charge in [-0.1, -0.05) is 30.3 Å². The summed E-state index contributed by atoms with van der Waals surface area (Å²) in [6.07, 6.45) is 0. The minimum absolute atomic E-state index is 0.0333. The number of ether oxygens (including phenoxy) is 4. The number of hydrogen-bond acceptors (Lipinski definition) is 7. The van der Waals surface area contributed by atoms with Gasteiger partial charge in [-0.3, -0.25) is 4.79 Å². The second-order valence-corrected chi connectivity index (χ2v) is 6.37. The van der Waals surface area contributed by atoms with E-state index < -0.39 is 17.7 Å². The number of methoxy groups -OCH3 is 2. The predicted octanol–water partition coefficient (Wildman–Crippen LogP) is 4.34. The van der Waals surface area contributed by atoms with Crippen molar-refractivity contribution in [3.63, 3.8) is 0 Å². The van der Waals surface area contributed by atoms with E-state index in [2.05, 4.69) is 0 Å². The largest absolute Gasteiger partial charge is 0.496 e. The topological polar surface area (TPSA) is 88.1 Å². The van der Waals surface area contributed by atoms with Crippen molar-refractivity contribution in [2.24, 2.45) is 0 Å². The minimum atomic E-state index is -0.715. The molecule has 0 radical (unpaired) electrons. The zero-order chi connectivity index (χ0) is 22.4. The van der Waals surface area contributed by atoms with Crippen molar-refractivity contribution in [3.8, 4) is 23.0 Å². The maximum Gasteiger partial charge on any atom is 0.347 e. The van der Waals surface area contributed by atoms with Gasteiger partial charge < -0.3 is 18.9 Å². The molecule has 0 N–H and O–H groups in total. The van der Waals surface area contributed by atoms with Gasteiger partial charge in [0.25, 0.3) is 0 Å². The minimum Gasteiger partial charge on any atom is -0.496 e. The van der Waals surface area contributed by atoms with Gasteiger partial charge in [-0.2, -0.15) is 0 Å². The molecule has 7 heteroatoms. The molecule has 3 rings (SSSR count). The van der Waals surface area contributed by atoms with Crippen molar-refractivity contribution >= 4 is 17.7 Å². The van der Waals surface area contributed by atoms with Gasteiger partial charge in [-0.15, -0.1) is 0 Å². The first-order valence-electron chi connectivity index (χ1n) is 9.30. The molecule has 0 aliphatic heterocycles. The summed E-state index contributed by atoms with van der Waals surface area (Å²) in [6, 6.07) is 17.5. The second kappa shape index (κ2) is 9.58. The van der Waals surface area contributed by atoms with Crippen LogP contribution in [0.2, 0.25) is 0 Å². The number of Topliss-reactive ketones (excluding diaryl/α,β-unsaturated/α-hetero) is 1. The first kappa shape index (κ1) is 21.6. The monoisotopic (exact) mass is 420 g/mol. The lowest BCUT2D eigenvalue weighted by molar-refractivity contribution is 0.0726. The van der Waals surface area contributed by atoms with Crippen LogP contribution in [0.4, 0.5) is 0 Å². The quantitative estimate of drug-likeness (QED) is 0.319. The number of ketones is 1. The molecule has 3 aromatic rings. The van der Waals surface area contributed by atoms with E-state index in [0.717, 1.165) is 0 Å². The van der Waals surface area contributed by atoms with E-state index in [1.54, 1.807) is 48.5 Å². The van der Waals surface area contributed by atoms with Crippen molar-refractivity contribution in [2.75, 3.05) is 14.2 Å². The van der Waals surface area contributed by atoms with Crippen LogP contribution in [0.15, 0.2) is 66.7 Å². The molecule has 0 fully saturated rings. The first-order valence-corrected chi connectivity index (χ1v) is 9.30. The molecule has 3 aromatic carbocycles. The van der Waals surface area contributed by atoms with E-state index >= 15 is 0 Å². The Bertz CT molecular complexity index is 1050. The molecule has 0 amide bonds. The summed E-state index contributed by atoms with van der Waals surface area (Å²) in [4.78, 5) is 37.7.